The second kappa shape index (κ2) is 3.59. The summed E-state index contributed by atoms with van der Waals surface area (Å²) in [7, 11) is -5.45. The number of anilines is 1. The highest BCUT2D eigenvalue weighted by atomic mass is 32.2. The smallest absolute Gasteiger partial charge is 0.383 e. The van der Waals surface area contributed by atoms with Crippen LogP contribution in [0, 0.1) is 5.82 Å². The van der Waals surface area contributed by atoms with Gasteiger partial charge in [0.2, 0.25) is 0 Å². The van der Waals surface area contributed by atoms with E-state index in [-0.39, 0.29) is 24.2 Å². The minimum absolute atomic E-state index is 0.0182. The fraction of sp³-hybridized carbons (Fsp3) is 0.333. The van der Waals surface area contributed by atoms with Gasteiger partial charge in [-0.1, -0.05) is 0 Å². The Labute approximate surface area is 94.4 Å². The molecule has 0 bridgehead atoms. The van der Waals surface area contributed by atoms with Crippen molar-refractivity contribution < 1.29 is 26.0 Å². The molecule has 0 saturated heterocycles. The zero-order chi connectivity index (χ0) is 12.8. The standard InChI is InChI=1S/C9H7F4NO2S/c10-6-1-2-7(8-5(6)3-4-14-8)17(15,16)9(11,12)13/h1-2,14H,3-4H2. The molecule has 2 rings (SSSR count). The molecule has 1 heterocycles. The van der Waals surface area contributed by atoms with E-state index in [0.717, 1.165) is 6.07 Å². The fourth-order valence-corrected chi connectivity index (χ4v) is 2.66. The lowest BCUT2D eigenvalue weighted by molar-refractivity contribution is -0.0435. The Kier molecular flexibility index (Phi) is 2.57. The summed E-state index contributed by atoms with van der Waals surface area (Å²) in [4.78, 5) is -0.918. The van der Waals surface area contributed by atoms with Gasteiger partial charge in [0.05, 0.1) is 10.6 Å². The lowest BCUT2D eigenvalue weighted by Gasteiger charge is -2.12. The molecular weight excluding hydrogens is 262 g/mol. The van der Waals surface area contributed by atoms with E-state index in [1.807, 2.05) is 0 Å². The molecule has 0 radical (unpaired) electrons. The molecule has 0 saturated carbocycles. The Morgan fingerprint density at radius 2 is 1.88 bits per heavy atom. The number of alkyl halides is 3. The summed E-state index contributed by atoms with van der Waals surface area (Å²) < 4.78 is 72.8. The van der Waals surface area contributed by atoms with E-state index < -0.39 is 26.1 Å². The number of sulfone groups is 1. The molecule has 3 nitrogen and oxygen atoms in total. The molecule has 0 amide bonds. The SMILES string of the molecule is O=S(=O)(c1ccc(F)c2c1NCC2)C(F)(F)F. The van der Waals surface area contributed by atoms with Crippen molar-refractivity contribution in [1.29, 1.82) is 0 Å². The first-order valence-corrected chi connectivity index (χ1v) is 6.10. The quantitative estimate of drug-likeness (QED) is 0.627. The van der Waals surface area contributed by atoms with Crippen LogP contribution in [0.4, 0.5) is 23.2 Å². The summed E-state index contributed by atoms with van der Waals surface area (Å²) in [6.07, 6.45) is 0.169. The third kappa shape index (κ3) is 1.76. The Balaban J connectivity index is 2.68. The van der Waals surface area contributed by atoms with Crippen molar-refractivity contribution in [2.45, 2.75) is 16.8 Å². The molecule has 0 aliphatic carbocycles. The van der Waals surface area contributed by atoms with Crippen molar-refractivity contribution >= 4 is 15.5 Å². The fourth-order valence-electron chi connectivity index (χ4n) is 1.70. The van der Waals surface area contributed by atoms with Crippen LogP contribution in [0.5, 0.6) is 0 Å². The van der Waals surface area contributed by atoms with E-state index in [2.05, 4.69) is 5.32 Å². The molecule has 0 fully saturated rings. The highest BCUT2D eigenvalue weighted by molar-refractivity contribution is 7.92. The molecule has 0 aromatic heterocycles. The lowest BCUT2D eigenvalue weighted by atomic mass is 10.1. The molecule has 0 atom stereocenters. The molecule has 17 heavy (non-hydrogen) atoms. The summed E-state index contributed by atoms with van der Waals surface area (Å²) in [5.74, 6) is -0.703. The molecule has 1 aliphatic rings. The summed E-state index contributed by atoms with van der Waals surface area (Å²) in [5, 5.41) is 2.47. The first-order chi connectivity index (χ1) is 7.75. The second-order valence-corrected chi connectivity index (χ2v) is 5.43. The maximum atomic E-state index is 13.2. The van der Waals surface area contributed by atoms with Crippen LogP contribution in [0.2, 0.25) is 0 Å². The Morgan fingerprint density at radius 3 is 2.47 bits per heavy atom. The van der Waals surface area contributed by atoms with Gasteiger partial charge >= 0.3 is 5.51 Å². The number of fused-ring (bicyclic) bond motifs is 1. The lowest BCUT2D eigenvalue weighted by Crippen LogP contribution is -2.24. The van der Waals surface area contributed by atoms with Gasteiger partial charge in [0, 0.05) is 12.1 Å². The molecule has 1 aliphatic heterocycles. The molecule has 94 valence electrons. The van der Waals surface area contributed by atoms with Gasteiger partial charge < -0.3 is 5.32 Å². The third-order valence-corrected chi connectivity index (χ3v) is 4.02. The third-order valence-electron chi connectivity index (χ3n) is 2.49. The van der Waals surface area contributed by atoms with Gasteiger partial charge in [-0.3, -0.25) is 0 Å². The molecule has 8 heteroatoms. The molecule has 0 unspecified atom stereocenters. The van der Waals surface area contributed by atoms with Gasteiger partial charge in [0.1, 0.15) is 5.82 Å². The van der Waals surface area contributed by atoms with Crippen molar-refractivity contribution in [2.24, 2.45) is 0 Å². The summed E-state index contributed by atoms with van der Waals surface area (Å²) in [6.45, 7) is 0.219. The average molecular weight is 269 g/mol. The van der Waals surface area contributed by atoms with Gasteiger partial charge in [0.25, 0.3) is 9.84 Å². The highest BCUT2D eigenvalue weighted by Gasteiger charge is 2.48. The predicted molar refractivity (Wildman–Crippen MR) is 51.8 cm³/mol. The molecule has 1 aromatic carbocycles. The van der Waals surface area contributed by atoms with E-state index >= 15 is 0 Å². The number of hydrogen-bond acceptors (Lipinski definition) is 3. The molecular formula is C9H7F4NO2S. The average Bonchev–Trinajstić information content (AvgIpc) is 2.65. The van der Waals surface area contributed by atoms with Crippen LogP contribution in [0.15, 0.2) is 17.0 Å². The minimum Gasteiger partial charge on any atom is -0.383 e. The maximum Gasteiger partial charge on any atom is 0.501 e. The number of rotatable bonds is 1. The van der Waals surface area contributed by atoms with Crippen molar-refractivity contribution in [2.75, 3.05) is 11.9 Å². The van der Waals surface area contributed by atoms with E-state index in [0.29, 0.717) is 6.07 Å². The van der Waals surface area contributed by atoms with Crippen LogP contribution in [-0.2, 0) is 16.3 Å². The maximum absolute atomic E-state index is 13.2. The van der Waals surface area contributed by atoms with Crippen molar-refractivity contribution in [3.63, 3.8) is 0 Å². The number of nitrogens with one attached hydrogen (secondary N) is 1. The minimum atomic E-state index is -5.45. The largest absolute Gasteiger partial charge is 0.501 e. The van der Waals surface area contributed by atoms with Crippen LogP contribution >= 0.6 is 0 Å². The van der Waals surface area contributed by atoms with Gasteiger partial charge in [0.15, 0.2) is 0 Å². The predicted octanol–water partition coefficient (Wildman–Crippen LogP) is 2.09. The van der Waals surface area contributed by atoms with E-state index in [1.165, 1.54) is 0 Å². The van der Waals surface area contributed by atoms with Crippen molar-refractivity contribution in [3.05, 3.63) is 23.5 Å². The monoisotopic (exact) mass is 269 g/mol. The van der Waals surface area contributed by atoms with Gasteiger partial charge in [-0.05, 0) is 18.6 Å². The molecule has 1 aromatic rings. The van der Waals surface area contributed by atoms with E-state index in [1.54, 1.807) is 0 Å². The summed E-state index contributed by atoms with van der Waals surface area (Å²) in [5.41, 5.74) is -5.68. The van der Waals surface area contributed by atoms with Crippen molar-refractivity contribution in [3.8, 4) is 0 Å². The normalized spacial score (nSPS) is 15.5. The number of benzene rings is 1. The topological polar surface area (TPSA) is 46.2 Å². The van der Waals surface area contributed by atoms with E-state index in [9.17, 15) is 26.0 Å². The van der Waals surface area contributed by atoms with Crippen LogP contribution < -0.4 is 5.32 Å². The zero-order valence-corrected chi connectivity index (χ0v) is 9.12. The van der Waals surface area contributed by atoms with Crippen LogP contribution in [0.25, 0.3) is 0 Å². The first kappa shape index (κ1) is 12.2. The summed E-state index contributed by atoms with van der Waals surface area (Å²) >= 11 is 0. The van der Waals surface area contributed by atoms with Crippen molar-refractivity contribution in [1.82, 2.24) is 0 Å². The Morgan fingerprint density at radius 1 is 1.24 bits per heavy atom. The highest BCUT2D eigenvalue weighted by Crippen LogP contribution is 2.38. The van der Waals surface area contributed by atoms with Gasteiger partial charge in [-0.2, -0.15) is 13.2 Å². The Bertz CT molecular complexity index is 565. The van der Waals surface area contributed by atoms with E-state index in [4.69, 9.17) is 0 Å². The Hall–Kier alpha value is -1.31. The molecule has 1 N–H and O–H groups in total. The number of hydrogen-bond donors (Lipinski definition) is 1. The molecule has 0 spiro atoms. The summed E-state index contributed by atoms with van der Waals surface area (Å²) in [6, 6.07) is 1.37. The zero-order valence-electron chi connectivity index (χ0n) is 8.31. The second-order valence-electron chi connectivity index (χ2n) is 3.53. The first-order valence-electron chi connectivity index (χ1n) is 4.62. The van der Waals surface area contributed by atoms with Crippen LogP contribution in [0.1, 0.15) is 5.56 Å². The van der Waals surface area contributed by atoms with Gasteiger partial charge in [-0.25, -0.2) is 12.8 Å². The number of halogens is 4. The van der Waals surface area contributed by atoms with Crippen LogP contribution in [0.3, 0.4) is 0 Å². The van der Waals surface area contributed by atoms with Gasteiger partial charge in [-0.15, -0.1) is 0 Å². The van der Waals surface area contributed by atoms with Crippen LogP contribution in [-0.4, -0.2) is 20.5 Å².